The number of rotatable bonds is 4. The normalized spacial score (nSPS) is 12.6. The quantitative estimate of drug-likeness (QED) is 0.860. The summed E-state index contributed by atoms with van der Waals surface area (Å²) in [6.45, 7) is 3.75. The molecule has 2 aromatic rings. The van der Waals surface area contributed by atoms with E-state index in [2.05, 4.69) is 5.32 Å². The SMILES string of the molecule is Cc1ccc(/C=C/C(=O)NC(C)c2ccccc2Cl)o1. The average Bonchev–Trinajstić information content (AvgIpc) is 2.82. The first-order chi connectivity index (χ1) is 9.56. The Morgan fingerprint density at radius 1 is 1.30 bits per heavy atom. The maximum atomic E-state index is 11.8. The fourth-order valence-corrected chi connectivity index (χ4v) is 2.17. The summed E-state index contributed by atoms with van der Waals surface area (Å²) >= 11 is 6.09. The molecule has 2 rings (SSSR count). The molecule has 0 bridgehead atoms. The predicted molar refractivity (Wildman–Crippen MR) is 80.5 cm³/mol. The second kappa shape index (κ2) is 6.44. The van der Waals surface area contributed by atoms with Crippen molar-refractivity contribution in [2.75, 3.05) is 0 Å². The third-order valence-electron chi connectivity index (χ3n) is 2.89. The summed E-state index contributed by atoms with van der Waals surface area (Å²) in [7, 11) is 0. The molecule has 0 aliphatic heterocycles. The number of hydrogen-bond acceptors (Lipinski definition) is 2. The molecule has 0 aliphatic rings. The molecule has 0 saturated carbocycles. The van der Waals surface area contributed by atoms with Crippen LogP contribution in [0.5, 0.6) is 0 Å². The summed E-state index contributed by atoms with van der Waals surface area (Å²) in [4.78, 5) is 11.8. The van der Waals surface area contributed by atoms with Crippen molar-refractivity contribution in [1.82, 2.24) is 5.32 Å². The van der Waals surface area contributed by atoms with E-state index in [-0.39, 0.29) is 11.9 Å². The highest BCUT2D eigenvalue weighted by Gasteiger charge is 2.10. The van der Waals surface area contributed by atoms with Gasteiger partial charge in [-0.1, -0.05) is 29.8 Å². The van der Waals surface area contributed by atoms with Crippen molar-refractivity contribution in [3.63, 3.8) is 0 Å². The summed E-state index contributed by atoms with van der Waals surface area (Å²) in [6.07, 6.45) is 3.09. The molecule has 1 unspecified atom stereocenters. The lowest BCUT2D eigenvalue weighted by Gasteiger charge is -2.14. The molecular weight excluding hydrogens is 274 g/mol. The monoisotopic (exact) mass is 289 g/mol. The number of halogens is 1. The van der Waals surface area contributed by atoms with Crippen LogP contribution in [-0.4, -0.2) is 5.91 Å². The van der Waals surface area contributed by atoms with Crippen LogP contribution in [0.15, 0.2) is 46.9 Å². The first kappa shape index (κ1) is 14.4. The van der Waals surface area contributed by atoms with Gasteiger partial charge in [-0.2, -0.15) is 0 Å². The van der Waals surface area contributed by atoms with Gasteiger partial charge in [-0.05, 0) is 43.7 Å². The van der Waals surface area contributed by atoms with Crippen LogP contribution in [0.1, 0.15) is 30.0 Å². The smallest absolute Gasteiger partial charge is 0.244 e. The van der Waals surface area contributed by atoms with Crippen LogP contribution in [0.25, 0.3) is 6.08 Å². The van der Waals surface area contributed by atoms with Crippen LogP contribution < -0.4 is 5.32 Å². The fraction of sp³-hybridized carbons (Fsp3) is 0.188. The van der Waals surface area contributed by atoms with Crippen molar-refractivity contribution in [2.45, 2.75) is 19.9 Å². The van der Waals surface area contributed by atoms with E-state index in [1.54, 1.807) is 12.1 Å². The van der Waals surface area contributed by atoms with Gasteiger partial charge in [0.05, 0.1) is 6.04 Å². The second-order valence-corrected chi connectivity index (χ2v) is 4.94. The Morgan fingerprint density at radius 3 is 2.70 bits per heavy atom. The van der Waals surface area contributed by atoms with E-state index >= 15 is 0 Å². The van der Waals surface area contributed by atoms with Crippen LogP contribution in [0.2, 0.25) is 5.02 Å². The number of hydrogen-bond donors (Lipinski definition) is 1. The standard InChI is InChI=1S/C16H16ClNO2/c1-11-7-8-13(20-11)9-10-16(19)18-12(2)14-5-3-4-6-15(14)17/h3-10,12H,1-2H3,(H,18,19)/b10-9+. The molecule has 0 aliphatic carbocycles. The van der Waals surface area contributed by atoms with Crippen LogP contribution >= 0.6 is 11.6 Å². The number of carbonyl (C=O) groups is 1. The zero-order valence-electron chi connectivity index (χ0n) is 11.4. The Kier molecular flexibility index (Phi) is 4.64. The van der Waals surface area contributed by atoms with Crippen molar-refractivity contribution in [2.24, 2.45) is 0 Å². The van der Waals surface area contributed by atoms with E-state index < -0.39 is 0 Å². The van der Waals surface area contributed by atoms with E-state index in [0.717, 1.165) is 11.3 Å². The number of benzene rings is 1. The first-order valence-corrected chi connectivity index (χ1v) is 6.73. The highest BCUT2D eigenvalue weighted by atomic mass is 35.5. The lowest BCUT2D eigenvalue weighted by molar-refractivity contribution is -0.117. The molecule has 1 N–H and O–H groups in total. The van der Waals surface area contributed by atoms with Crippen molar-refractivity contribution in [3.8, 4) is 0 Å². The molecule has 104 valence electrons. The summed E-state index contributed by atoms with van der Waals surface area (Å²) in [5, 5.41) is 3.51. The van der Waals surface area contributed by atoms with E-state index in [1.165, 1.54) is 6.08 Å². The van der Waals surface area contributed by atoms with Gasteiger partial charge in [0.2, 0.25) is 5.91 Å². The van der Waals surface area contributed by atoms with Crippen molar-refractivity contribution in [3.05, 3.63) is 64.6 Å². The molecule has 0 spiro atoms. The Bertz CT molecular complexity index is 631. The minimum atomic E-state index is -0.188. The Morgan fingerprint density at radius 2 is 2.05 bits per heavy atom. The van der Waals surface area contributed by atoms with Gasteiger partial charge < -0.3 is 9.73 Å². The minimum absolute atomic E-state index is 0.154. The van der Waals surface area contributed by atoms with Crippen LogP contribution in [0, 0.1) is 6.92 Å². The highest BCUT2D eigenvalue weighted by molar-refractivity contribution is 6.31. The average molecular weight is 290 g/mol. The number of aryl methyl sites for hydroxylation is 1. The lowest BCUT2D eigenvalue weighted by atomic mass is 10.1. The predicted octanol–water partition coefficient (Wildman–Crippen LogP) is 4.13. The van der Waals surface area contributed by atoms with Crippen LogP contribution in [0.4, 0.5) is 0 Å². The van der Waals surface area contributed by atoms with E-state index in [1.807, 2.05) is 44.2 Å². The maximum absolute atomic E-state index is 11.8. The zero-order chi connectivity index (χ0) is 14.5. The largest absolute Gasteiger partial charge is 0.462 e. The zero-order valence-corrected chi connectivity index (χ0v) is 12.1. The van der Waals surface area contributed by atoms with Gasteiger partial charge in [0.15, 0.2) is 0 Å². The molecule has 1 aromatic carbocycles. The molecule has 1 amide bonds. The number of nitrogens with one attached hydrogen (secondary N) is 1. The molecule has 1 heterocycles. The Labute approximate surface area is 123 Å². The summed E-state index contributed by atoms with van der Waals surface area (Å²) in [5.74, 6) is 1.28. The van der Waals surface area contributed by atoms with Crippen LogP contribution in [0.3, 0.4) is 0 Å². The Balaban J connectivity index is 1.98. The third-order valence-corrected chi connectivity index (χ3v) is 3.23. The molecule has 0 saturated heterocycles. The van der Waals surface area contributed by atoms with Gasteiger partial charge in [-0.3, -0.25) is 4.79 Å². The van der Waals surface area contributed by atoms with Crippen LogP contribution in [-0.2, 0) is 4.79 Å². The fourth-order valence-electron chi connectivity index (χ4n) is 1.87. The van der Waals surface area contributed by atoms with Gasteiger partial charge >= 0.3 is 0 Å². The molecule has 1 atom stereocenters. The number of amides is 1. The first-order valence-electron chi connectivity index (χ1n) is 6.35. The molecule has 4 heteroatoms. The van der Waals surface area contributed by atoms with Crippen molar-refractivity contribution >= 4 is 23.6 Å². The topological polar surface area (TPSA) is 42.2 Å². The number of carbonyl (C=O) groups excluding carboxylic acids is 1. The summed E-state index contributed by atoms with van der Waals surface area (Å²) < 4.78 is 5.35. The molecule has 0 fully saturated rings. The molecule has 1 aromatic heterocycles. The minimum Gasteiger partial charge on any atom is -0.462 e. The molecule has 3 nitrogen and oxygen atoms in total. The summed E-state index contributed by atoms with van der Waals surface area (Å²) in [5.41, 5.74) is 0.893. The van der Waals surface area contributed by atoms with E-state index in [0.29, 0.717) is 10.8 Å². The van der Waals surface area contributed by atoms with Gasteiger partial charge in [-0.25, -0.2) is 0 Å². The lowest BCUT2D eigenvalue weighted by Crippen LogP contribution is -2.24. The second-order valence-electron chi connectivity index (χ2n) is 4.53. The van der Waals surface area contributed by atoms with Gasteiger partial charge in [0.1, 0.15) is 11.5 Å². The number of furan rings is 1. The van der Waals surface area contributed by atoms with Gasteiger partial charge in [-0.15, -0.1) is 0 Å². The van der Waals surface area contributed by atoms with Gasteiger partial charge in [0.25, 0.3) is 0 Å². The van der Waals surface area contributed by atoms with Crippen molar-refractivity contribution < 1.29 is 9.21 Å². The summed E-state index contributed by atoms with van der Waals surface area (Å²) in [6, 6.07) is 11.0. The van der Waals surface area contributed by atoms with E-state index in [9.17, 15) is 4.79 Å². The highest BCUT2D eigenvalue weighted by Crippen LogP contribution is 2.22. The van der Waals surface area contributed by atoms with Crippen molar-refractivity contribution in [1.29, 1.82) is 0 Å². The molecule has 0 radical (unpaired) electrons. The molecule has 20 heavy (non-hydrogen) atoms. The van der Waals surface area contributed by atoms with Gasteiger partial charge in [0, 0.05) is 11.1 Å². The third kappa shape index (κ3) is 3.75. The van der Waals surface area contributed by atoms with E-state index in [4.69, 9.17) is 16.0 Å². The Hall–Kier alpha value is -2.00. The maximum Gasteiger partial charge on any atom is 0.244 e. The molecular formula is C16H16ClNO2.